The molecule has 0 saturated heterocycles. The van der Waals surface area contributed by atoms with Gasteiger partial charge in [-0.1, -0.05) is 36.4 Å². The summed E-state index contributed by atoms with van der Waals surface area (Å²) in [4.78, 5) is 23.0. The molecule has 16 heavy (non-hydrogen) atoms. The lowest BCUT2D eigenvalue weighted by Gasteiger charge is -2.15. The number of carbonyl (C=O) groups is 2. The fraction of sp³-hybridized carbons (Fsp3) is 0.286. The second kappa shape index (κ2) is 4.88. The van der Waals surface area contributed by atoms with Crippen molar-refractivity contribution >= 4 is 12.1 Å². The Morgan fingerprint density at radius 3 is 2.81 bits per heavy atom. The minimum Gasteiger partial charge on any atom is -0.298 e. The van der Waals surface area contributed by atoms with Crippen molar-refractivity contribution in [1.82, 2.24) is 0 Å². The molecule has 82 valence electrons. The number of ketones is 1. The van der Waals surface area contributed by atoms with E-state index in [0.29, 0.717) is 11.1 Å². The highest BCUT2D eigenvalue weighted by Gasteiger charge is 2.20. The van der Waals surface area contributed by atoms with Crippen LogP contribution in [0.2, 0.25) is 0 Å². The minimum atomic E-state index is -0.0464. The third-order valence-electron chi connectivity index (χ3n) is 2.94. The van der Waals surface area contributed by atoms with Crippen molar-refractivity contribution in [3.05, 3.63) is 47.5 Å². The maximum atomic E-state index is 12.2. The van der Waals surface area contributed by atoms with Gasteiger partial charge in [-0.2, -0.15) is 0 Å². The smallest absolute Gasteiger partial charge is 0.170 e. The van der Waals surface area contributed by atoms with Gasteiger partial charge >= 0.3 is 0 Å². The van der Waals surface area contributed by atoms with Gasteiger partial charge in [0.25, 0.3) is 0 Å². The van der Waals surface area contributed by atoms with E-state index in [1.54, 1.807) is 24.3 Å². The summed E-state index contributed by atoms with van der Waals surface area (Å²) in [6.07, 6.45) is 7.76. The summed E-state index contributed by atoms with van der Waals surface area (Å²) < 4.78 is 0. The van der Waals surface area contributed by atoms with E-state index in [-0.39, 0.29) is 11.7 Å². The van der Waals surface area contributed by atoms with E-state index in [1.165, 1.54) is 0 Å². The molecule has 0 aliphatic heterocycles. The Morgan fingerprint density at radius 2 is 2.12 bits per heavy atom. The van der Waals surface area contributed by atoms with Crippen LogP contribution in [0.4, 0.5) is 0 Å². The highest BCUT2D eigenvalue weighted by Crippen LogP contribution is 2.22. The Labute approximate surface area is 95.0 Å². The predicted molar refractivity (Wildman–Crippen MR) is 62.6 cm³/mol. The lowest BCUT2D eigenvalue weighted by Crippen LogP contribution is -2.16. The SMILES string of the molecule is O=Cc1ccccc1C(=O)C1C=CCCC1. The van der Waals surface area contributed by atoms with E-state index >= 15 is 0 Å². The molecule has 0 heterocycles. The van der Waals surface area contributed by atoms with Crippen LogP contribution < -0.4 is 0 Å². The Morgan fingerprint density at radius 1 is 1.31 bits per heavy atom. The van der Waals surface area contributed by atoms with Gasteiger partial charge in [0.1, 0.15) is 0 Å². The summed E-state index contributed by atoms with van der Waals surface area (Å²) in [5, 5.41) is 0. The van der Waals surface area contributed by atoms with E-state index in [1.807, 2.05) is 6.08 Å². The molecule has 0 N–H and O–H groups in total. The number of allylic oxidation sites excluding steroid dienone is 2. The standard InChI is InChI=1S/C14H14O2/c15-10-12-8-4-5-9-13(12)14(16)11-6-2-1-3-7-11/h2,4-6,8-11H,1,3,7H2. The van der Waals surface area contributed by atoms with E-state index in [0.717, 1.165) is 25.5 Å². The van der Waals surface area contributed by atoms with Gasteiger partial charge in [0.05, 0.1) is 0 Å². The Hall–Kier alpha value is -1.70. The number of rotatable bonds is 3. The molecular weight excluding hydrogens is 200 g/mol. The van der Waals surface area contributed by atoms with Crippen LogP contribution in [0, 0.1) is 5.92 Å². The number of aldehydes is 1. The molecule has 2 rings (SSSR count). The van der Waals surface area contributed by atoms with Crippen molar-refractivity contribution in [2.75, 3.05) is 0 Å². The first-order valence-electron chi connectivity index (χ1n) is 5.58. The zero-order valence-corrected chi connectivity index (χ0v) is 9.06. The fourth-order valence-electron chi connectivity index (χ4n) is 2.05. The monoisotopic (exact) mass is 214 g/mol. The molecule has 0 amide bonds. The highest BCUT2D eigenvalue weighted by atomic mass is 16.1. The molecule has 1 aromatic rings. The van der Waals surface area contributed by atoms with Crippen LogP contribution in [0.5, 0.6) is 0 Å². The predicted octanol–water partition coefficient (Wildman–Crippen LogP) is 3.04. The molecular formula is C14H14O2. The first-order chi connectivity index (χ1) is 7.83. The van der Waals surface area contributed by atoms with Crippen LogP contribution in [0.3, 0.4) is 0 Å². The maximum Gasteiger partial charge on any atom is 0.170 e. The van der Waals surface area contributed by atoms with Crippen molar-refractivity contribution in [3.8, 4) is 0 Å². The number of carbonyl (C=O) groups excluding carboxylic acids is 2. The van der Waals surface area contributed by atoms with Crippen molar-refractivity contribution in [2.45, 2.75) is 19.3 Å². The van der Waals surface area contributed by atoms with Crippen LogP contribution in [0.15, 0.2) is 36.4 Å². The number of hydrogen-bond acceptors (Lipinski definition) is 2. The van der Waals surface area contributed by atoms with Crippen molar-refractivity contribution in [1.29, 1.82) is 0 Å². The molecule has 2 heteroatoms. The van der Waals surface area contributed by atoms with Crippen LogP contribution >= 0.6 is 0 Å². The number of Topliss-reactive ketones (excluding diaryl/α,β-unsaturated/α-hetero) is 1. The quantitative estimate of drug-likeness (QED) is 0.440. The molecule has 1 atom stereocenters. The second-order valence-corrected chi connectivity index (χ2v) is 4.03. The summed E-state index contributed by atoms with van der Waals surface area (Å²) in [7, 11) is 0. The van der Waals surface area contributed by atoms with E-state index in [2.05, 4.69) is 6.08 Å². The summed E-state index contributed by atoms with van der Waals surface area (Å²) in [5.74, 6) is 0.0218. The van der Waals surface area contributed by atoms with Gasteiger partial charge in [0.15, 0.2) is 12.1 Å². The Balaban J connectivity index is 2.29. The molecule has 0 spiro atoms. The van der Waals surface area contributed by atoms with Gasteiger partial charge in [-0.05, 0) is 19.3 Å². The fourth-order valence-corrected chi connectivity index (χ4v) is 2.05. The van der Waals surface area contributed by atoms with Gasteiger partial charge < -0.3 is 0 Å². The summed E-state index contributed by atoms with van der Waals surface area (Å²) in [5.41, 5.74) is 1.04. The Bertz CT molecular complexity index is 432. The van der Waals surface area contributed by atoms with Gasteiger partial charge in [-0.3, -0.25) is 9.59 Å². The molecule has 0 bridgehead atoms. The van der Waals surface area contributed by atoms with Crippen molar-refractivity contribution in [2.24, 2.45) is 5.92 Å². The van der Waals surface area contributed by atoms with E-state index in [4.69, 9.17) is 0 Å². The van der Waals surface area contributed by atoms with Gasteiger partial charge in [-0.25, -0.2) is 0 Å². The van der Waals surface area contributed by atoms with Gasteiger partial charge in [0, 0.05) is 17.0 Å². The summed E-state index contributed by atoms with van der Waals surface area (Å²) in [6, 6.07) is 6.99. The molecule has 2 nitrogen and oxygen atoms in total. The van der Waals surface area contributed by atoms with Crippen molar-refractivity contribution < 1.29 is 9.59 Å². The van der Waals surface area contributed by atoms with Gasteiger partial charge in [0.2, 0.25) is 0 Å². The maximum absolute atomic E-state index is 12.2. The molecule has 0 fully saturated rings. The number of benzene rings is 1. The Kier molecular flexibility index (Phi) is 3.30. The molecule has 1 unspecified atom stereocenters. The third kappa shape index (κ3) is 2.11. The van der Waals surface area contributed by atoms with Crippen molar-refractivity contribution in [3.63, 3.8) is 0 Å². The average molecular weight is 214 g/mol. The zero-order chi connectivity index (χ0) is 11.4. The molecule has 0 aromatic heterocycles. The molecule has 0 saturated carbocycles. The second-order valence-electron chi connectivity index (χ2n) is 4.03. The molecule has 0 radical (unpaired) electrons. The summed E-state index contributed by atoms with van der Waals surface area (Å²) in [6.45, 7) is 0. The highest BCUT2D eigenvalue weighted by molar-refractivity contribution is 6.04. The lowest BCUT2D eigenvalue weighted by atomic mass is 9.87. The van der Waals surface area contributed by atoms with Crippen LogP contribution in [-0.2, 0) is 0 Å². The molecule has 1 aliphatic carbocycles. The topological polar surface area (TPSA) is 34.1 Å². The number of hydrogen-bond donors (Lipinski definition) is 0. The normalized spacial score (nSPS) is 19.4. The summed E-state index contributed by atoms with van der Waals surface area (Å²) >= 11 is 0. The average Bonchev–Trinajstić information content (AvgIpc) is 2.39. The van der Waals surface area contributed by atoms with Crippen LogP contribution in [0.25, 0.3) is 0 Å². The van der Waals surface area contributed by atoms with Crippen LogP contribution in [-0.4, -0.2) is 12.1 Å². The third-order valence-corrected chi connectivity index (χ3v) is 2.94. The van der Waals surface area contributed by atoms with E-state index < -0.39 is 0 Å². The van der Waals surface area contributed by atoms with Gasteiger partial charge in [-0.15, -0.1) is 0 Å². The lowest BCUT2D eigenvalue weighted by molar-refractivity contribution is 0.0932. The molecule has 1 aliphatic rings. The largest absolute Gasteiger partial charge is 0.298 e. The van der Waals surface area contributed by atoms with E-state index in [9.17, 15) is 9.59 Å². The zero-order valence-electron chi connectivity index (χ0n) is 9.06. The molecule has 1 aromatic carbocycles. The first kappa shape index (κ1) is 10.8. The van der Waals surface area contributed by atoms with Crippen LogP contribution in [0.1, 0.15) is 40.0 Å². The minimum absolute atomic E-state index is 0.0464. The first-order valence-corrected chi connectivity index (χ1v) is 5.58.